The standard InChI is InChI=1S/C33H41N5O5/c1-6-24(21-35-7-2)22-43-33(42)37-28(19-26-16-12-9-13-17-26)29(39)20-27(18-25-14-10-8-11-15-25)36-31(40)30(23(3)4)38-32(41)34-5/h1,7-17,21,23,27-28,30H,18-20,22H2,2-5H3,(H,36,40)(H,37,42)(H2,34,38,41)/b24-21+,35-7?. The molecule has 228 valence electrons. The highest BCUT2D eigenvalue weighted by Gasteiger charge is 2.29. The van der Waals surface area contributed by atoms with Crippen LogP contribution in [0.2, 0.25) is 0 Å². The van der Waals surface area contributed by atoms with Crippen molar-refractivity contribution in [3.05, 3.63) is 83.6 Å². The fourth-order valence-corrected chi connectivity index (χ4v) is 4.20. The summed E-state index contributed by atoms with van der Waals surface area (Å²) in [6.07, 6.45) is 8.12. The molecule has 4 N–H and O–H groups in total. The topological polar surface area (TPSA) is 138 Å². The van der Waals surface area contributed by atoms with Gasteiger partial charge in [0.2, 0.25) is 5.91 Å². The summed E-state index contributed by atoms with van der Waals surface area (Å²) < 4.78 is 5.28. The molecule has 3 unspecified atom stereocenters. The first-order valence-electron chi connectivity index (χ1n) is 14.1. The molecule has 0 aromatic heterocycles. The summed E-state index contributed by atoms with van der Waals surface area (Å²) in [5, 5.41) is 10.8. The van der Waals surface area contributed by atoms with E-state index in [1.165, 1.54) is 13.2 Å². The van der Waals surface area contributed by atoms with Gasteiger partial charge in [-0.3, -0.25) is 14.6 Å². The lowest BCUT2D eigenvalue weighted by Gasteiger charge is -2.26. The molecule has 0 heterocycles. The number of Topliss-reactive ketones (excluding diaryl/α,β-unsaturated/α-hetero) is 1. The van der Waals surface area contributed by atoms with Gasteiger partial charge in [0.05, 0.1) is 11.6 Å². The van der Waals surface area contributed by atoms with Crippen molar-refractivity contribution in [2.45, 2.75) is 58.2 Å². The van der Waals surface area contributed by atoms with E-state index >= 15 is 0 Å². The second kappa shape index (κ2) is 18.5. The molecule has 0 radical (unpaired) electrons. The maximum absolute atomic E-state index is 13.8. The number of amides is 4. The highest BCUT2D eigenvalue weighted by atomic mass is 16.5. The number of carbonyl (C=O) groups is 4. The molecule has 0 saturated heterocycles. The van der Waals surface area contributed by atoms with Crippen LogP contribution in [-0.4, -0.2) is 61.8 Å². The number of alkyl carbamates (subject to hydrolysis) is 1. The Labute approximate surface area is 253 Å². The van der Waals surface area contributed by atoms with E-state index in [1.807, 2.05) is 74.5 Å². The second-order valence-corrected chi connectivity index (χ2v) is 10.2. The number of hydrogen-bond acceptors (Lipinski definition) is 6. The van der Waals surface area contributed by atoms with Crippen LogP contribution in [0.4, 0.5) is 9.59 Å². The fraction of sp³-hybridized carbons (Fsp3) is 0.364. The van der Waals surface area contributed by atoms with Crippen molar-refractivity contribution in [1.29, 1.82) is 0 Å². The van der Waals surface area contributed by atoms with Crippen LogP contribution >= 0.6 is 0 Å². The van der Waals surface area contributed by atoms with Gasteiger partial charge in [-0.2, -0.15) is 0 Å². The van der Waals surface area contributed by atoms with Gasteiger partial charge in [0.15, 0.2) is 5.78 Å². The van der Waals surface area contributed by atoms with Gasteiger partial charge in [-0.05, 0) is 36.8 Å². The summed E-state index contributed by atoms with van der Waals surface area (Å²) >= 11 is 0. The Hall–Kier alpha value is -4.91. The summed E-state index contributed by atoms with van der Waals surface area (Å²) in [5.74, 6) is 1.49. The molecule has 2 aromatic rings. The van der Waals surface area contributed by atoms with Crippen LogP contribution in [0, 0.1) is 18.3 Å². The molecule has 0 aliphatic heterocycles. The third-order valence-corrected chi connectivity index (χ3v) is 6.47. The average molecular weight is 588 g/mol. The number of ketones is 1. The average Bonchev–Trinajstić information content (AvgIpc) is 3.00. The van der Waals surface area contributed by atoms with E-state index in [2.05, 4.69) is 32.2 Å². The lowest BCUT2D eigenvalue weighted by Crippen LogP contribution is -2.55. The molecule has 2 rings (SSSR count). The number of nitrogens with one attached hydrogen (secondary N) is 4. The van der Waals surface area contributed by atoms with Gasteiger partial charge >= 0.3 is 12.1 Å². The van der Waals surface area contributed by atoms with E-state index in [0.29, 0.717) is 12.0 Å². The van der Waals surface area contributed by atoms with E-state index < -0.39 is 36.2 Å². The van der Waals surface area contributed by atoms with Crippen molar-refractivity contribution in [3.8, 4) is 12.3 Å². The van der Waals surface area contributed by atoms with E-state index in [9.17, 15) is 19.2 Å². The Kier molecular flexibility index (Phi) is 14.8. The predicted molar refractivity (Wildman–Crippen MR) is 167 cm³/mol. The van der Waals surface area contributed by atoms with E-state index in [1.54, 1.807) is 13.1 Å². The molecule has 43 heavy (non-hydrogen) atoms. The second-order valence-electron chi connectivity index (χ2n) is 10.2. The number of aliphatic imine (C=N–C) groups is 1. The summed E-state index contributed by atoms with van der Waals surface area (Å²) in [4.78, 5) is 55.8. The first-order chi connectivity index (χ1) is 20.7. The molecule has 0 fully saturated rings. The number of urea groups is 1. The quantitative estimate of drug-likeness (QED) is 0.187. The summed E-state index contributed by atoms with van der Waals surface area (Å²) in [7, 11) is 1.47. The Morgan fingerprint density at radius 1 is 0.930 bits per heavy atom. The molecular weight excluding hydrogens is 546 g/mol. The summed E-state index contributed by atoms with van der Waals surface area (Å²) in [6, 6.07) is 15.8. The SMILES string of the molecule is C#C/C(=C\N=CC)COC(=O)NC(Cc1ccccc1)C(=O)CC(Cc1ccccc1)NC(=O)C(NC(=O)NC)C(C)C. The summed E-state index contributed by atoms with van der Waals surface area (Å²) in [5.41, 5.74) is 2.10. The van der Waals surface area contributed by atoms with Crippen molar-refractivity contribution in [2.24, 2.45) is 10.9 Å². The predicted octanol–water partition coefficient (Wildman–Crippen LogP) is 3.57. The molecule has 10 heteroatoms. The molecule has 0 saturated carbocycles. The third kappa shape index (κ3) is 12.6. The van der Waals surface area contributed by atoms with E-state index in [4.69, 9.17) is 11.2 Å². The molecule has 3 atom stereocenters. The van der Waals surface area contributed by atoms with Gasteiger partial charge in [0.1, 0.15) is 12.6 Å². The zero-order valence-corrected chi connectivity index (χ0v) is 25.1. The zero-order chi connectivity index (χ0) is 31.6. The number of benzene rings is 2. The number of hydrogen-bond donors (Lipinski definition) is 4. The highest BCUT2D eigenvalue weighted by Crippen LogP contribution is 2.13. The highest BCUT2D eigenvalue weighted by molar-refractivity contribution is 5.90. The van der Waals surface area contributed by atoms with Crippen LogP contribution < -0.4 is 21.3 Å². The molecule has 0 aliphatic rings. The van der Waals surface area contributed by atoms with Gasteiger partial charge in [-0.25, -0.2) is 9.59 Å². The van der Waals surface area contributed by atoms with Crippen molar-refractivity contribution < 1.29 is 23.9 Å². The van der Waals surface area contributed by atoms with E-state index in [-0.39, 0.29) is 31.1 Å². The van der Waals surface area contributed by atoms with E-state index in [0.717, 1.165) is 11.1 Å². The minimum absolute atomic E-state index is 0.0794. The van der Waals surface area contributed by atoms with Crippen LogP contribution in [0.5, 0.6) is 0 Å². The van der Waals surface area contributed by atoms with Crippen molar-refractivity contribution in [3.63, 3.8) is 0 Å². The Balaban J connectivity index is 2.27. The minimum atomic E-state index is -0.943. The normalized spacial score (nSPS) is 13.3. The van der Waals surface area contributed by atoms with Gasteiger partial charge in [0, 0.05) is 31.9 Å². The number of rotatable bonds is 15. The largest absolute Gasteiger partial charge is 0.444 e. The van der Waals surface area contributed by atoms with Crippen LogP contribution in [0.1, 0.15) is 38.3 Å². The first kappa shape index (κ1) is 34.3. The van der Waals surface area contributed by atoms with Crippen LogP contribution in [0.15, 0.2) is 77.4 Å². The zero-order valence-electron chi connectivity index (χ0n) is 25.1. The smallest absolute Gasteiger partial charge is 0.408 e. The Morgan fingerprint density at radius 3 is 2.07 bits per heavy atom. The maximum atomic E-state index is 13.8. The van der Waals surface area contributed by atoms with Gasteiger partial charge in [-0.1, -0.05) is 80.4 Å². The maximum Gasteiger partial charge on any atom is 0.408 e. The molecule has 0 aliphatic carbocycles. The molecule has 0 spiro atoms. The number of ether oxygens (including phenoxy) is 1. The first-order valence-corrected chi connectivity index (χ1v) is 14.1. The molecule has 2 aromatic carbocycles. The summed E-state index contributed by atoms with van der Waals surface area (Å²) in [6.45, 7) is 5.18. The van der Waals surface area contributed by atoms with Gasteiger partial charge in [-0.15, -0.1) is 6.42 Å². The van der Waals surface area contributed by atoms with Crippen molar-refractivity contribution >= 4 is 30.0 Å². The lowest BCUT2D eigenvalue weighted by molar-refractivity contribution is -0.125. The van der Waals surface area contributed by atoms with Crippen LogP contribution in [0.25, 0.3) is 0 Å². The van der Waals surface area contributed by atoms with Crippen LogP contribution in [-0.2, 0) is 27.2 Å². The fourth-order valence-electron chi connectivity index (χ4n) is 4.20. The van der Waals surface area contributed by atoms with Crippen molar-refractivity contribution in [2.75, 3.05) is 13.7 Å². The molecule has 0 bridgehead atoms. The number of carbonyl (C=O) groups excluding carboxylic acids is 4. The van der Waals surface area contributed by atoms with Gasteiger partial charge < -0.3 is 26.0 Å². The number of terminal acetylenes is 1. The molecule has 10 nitrogen and oxygen atoms in total. The Morgan fingerprint density at radius 2 is 1.53 bits per heavy atom. The lowest BCUT2D eigenvalue weighted by atomic mass is 9.94. The minimum Gasteiger partial charge on any atom is -0.444 e. The molecular formula is C33H41N5O5. The van der Waals surface area contributed by atoms with Gasteiger partial charge in [0.25, 0.3) is 0 Å². The number of nitrogens with zero attached hydrogens (tertiary/aromatic N) is 1. The molecule has 4 amide bonds. The van der Waals surface area contributed by atoms with Crippen LogP contribution in [0.3, 0.4) is 0 Å². The third-order valence-electron chi connectivity index (χ3n) is 6.47. The van der Waals surface area contributed by atoms with Crippen molar-refractivity contribution in [1.82, 2.24) is 21.3 Å². The Bertz CT molecular complexity index is 1300. The monoisotopic (exact) mass is 587 g/mol.